The molecular formula is C17H21N5O2. The first-order chi connectivity index (χ1) is 11.6. The number of nitrogens with zero attached hydrogens (tertiary/aromatic N) is 4. The molecule has 3 heterocycles. The fourth-order valence-corrected chi connectivity index (χ4v) is 3.12. The summed E-state index contributed by atoms with van der Waals surface area (Å²) in [5.74, 6) is 2.44. The van der Waals surface area contributed by atoms with Crippen molar-refractivity contribution < 1.29 is 9.32 Å². The quantitative estimate of drug-likeness (QED) is 0.902. The monoisotopic (exact) mass is 327 g/mol. The van der Waals surface area contributed by atoms with Crippen molar-refractivity contribution in [1.29, 1.82) is 0 Å². The Hall–Kier alpha value is -2.44. The van der Waals surface area contributed by atoms with Gasteiger partial charge in [-0.1, -0.05) is 5.16 Å². The molecule has 0 atom stereocenters. The standard InChI is InChI=1S/C17H21N5O2/c1-10-16(11(2)24-21-10)17(23)18-7-12-8-22(9-12)15-6-5-14(19-20-15)13-3-4-13/h5-6,12-13H,3-4,7-9H2,1-2H3,(H,18,23). The minimum Gasteiger partial charge on any atom is -0.361 e. The van der Waals surface area contributed by atoms with Crippen molar-refractivity contribution in [2.45, 2.75) is 32.6 Å². The fraction of sp³-hybridized carbons (Fsp3) is 0.529. The molecule has 0 aromatic carbocycles. The lowest BCUT2D eigenvalue weighted by molar-refractivity contribution is 0.0942. The summed E-state index contributed by atoms with van der Waals surface area (Å²) >= 11 is 0. The van der Waals surface area contributed by atoms with E-state index in [0.717, 1.165) is 24.6 Å². The van der Waals surface area contributed by atoms with Gasteiger partial charge in [-0.3, -0.25) is 4.79 Å². The molecule has 0 unspecified atom stereocenters. The Morgan fingerprint density at radius 3 is 2.67 bits per heavy atom. The van der Waals surface area contributed by atoms with Crippen molar-refractivity contribution >= 4 is 11.7 Å². The van der Waals surface area contributed by atoms with Crippen LogP contribution in [0, 0.1) is 19.8 Å². The lowest BCUT2D eigenvalue weighted by atomic mass is 10.00. The summed E-state index contributed by atoms with van der Waals surface area (Å²) in [6.07, 6.45) is 2.48. The van der Waals surface area contributed by atoms with Gasteiger partial charge in [0.1, 0.15) is 11.3 Å². The van der Waals surface area contributed by atoms with Gasteiger partial charge in [0.2, 0.25) is 0 Å². The third-order valence-electron chi connectivity index (χ3n) is 4.76. The number of hydrogen-bond acceptors (Lipinski definition) is 6. The van der Waals surface area contributed by atoms with E-state index in [-0.39, 0.29) is 5.91 Å². The van der Waals surface area contributed by atoms with Crippen LogP contribution in [0.1, 0.15) is 46.3 Å². The van der Waals surface area contributed by atoms with Crippen LogP contribution in [0.4, 0.5) is 5.82 Å². The normalized spacial score (nSPS) is 17.7. The predicted molar refractivity (Wildman–Crippen MR) is 88.0 cm³/mol. The second-order valence-electron chi connectivity index (χ2n) is 6.77. The van der Waals surface area contributed by atoms with E-state index in [1.807, 2.05) is 0 Å². The van der Waals surface area contributed by atoms with Crippen LogP contribution in [0.25, 0.3) is 0 Å². The van der Waals surface area contributed by atoms with Gasteiger partial charge in [-0.05, 0) is 38.8 Å². The minimum atomic E-state index is -0.113. The molecule has 2 aliphatic rings. The van der Waals surface area contributed by atoms with E-state index in [4.69, 9.17) is 4.52 Å². The van der Waals surface area contributed by atoms with Crippen LogP contribution in [0.3, 0.4) is 0 Å². The van der Waals surface area contributed by atoms with Gasteiger partial charge in [0.15, 0.2) is 5.82 Å². The average molecular weight is 327 g/mol. The lowest BCUT2D eigenvalue weighted by Gasteiger charge is -2.39. The van der Waals surface area contributed by atoms with Gasteiger partial charge in [-0.25, -0.2) is 0 Å². The Balaban J connectivity index is 1.26. The van der Waals surface area contributed by atoms with E-state index in [0.29, 0.717) is 35.4 Å². The number of carbonyl (C=O) groups is 1. The van der Waals surface area contributed by atoms with E-state index >= 15 is 0 Å². The number of aryl methyl sites for hydroxylation is 2. The molecule has 1 saturated heterocycles. The van der Waals surface area contributed by atoms with Gasteiger partial charge in [0.05, 0.1) is 11.4 Å². The van der Waals surface area contributed by atoms with Crippen LogP contribution in [0.15, 0.2) is 16.7 Å². The first-order valence-electron chi connectivity index (χ1n) is 8.41. The number of aromatic nitrogens is 3. The SMILES string of the molecule is Cc1noc(C)c1C(=O)NCC1CN(c2ccc(C3CC3)nn2)C1. The van der Waals surface area contributed by atoms with Crippen LogP contribution in [-0.2, 0) is 0 Å². The summed E-state index contributed by atoms with van der Waals surface area (Å²) in [5.41, 5.74) is 2.29. The molecule has 2 aromatic rings. The van der Waals surface area contributed by atoms with Gasteiger partial charge in [-0.2, -0.15) is 5.10 Å². The fourth-order valence-electron chi connectivity index (χ4n) is 3.12. The Kier molecular flexibility index (Phi) is 3.70. The molecule has 1 aliphatic heterocycles. The molecule has 1 N–H and O–H groups in total. The summed E-state index contributed by atoms with van der Waals surface area (Å²) in [6.45, 7) is 5.95. The summed E-state index contributed by atoms with van der Waals surface area (Å²) in [6, 6.07) is 4.14. The molecular weight excluding hydrogens is 306 g/mol. The smallest absolute Gasteiger partial charge is 0.256 e. The number of nitrogens with one attached hydrogen (secondary N) is 1. The Labute approximate surface area is 140 Å². The molecule has 2 fully saturated rings. The van der Waals surface area contributed by atoms with E-state index in [2.05, 4.69) is 37.7 Å². The molecule has 4 rings (SSSR count). The molecule has 7 nitrogen and oxygen atoms in total. The first kappa shape index (κ1) is 15.1. The maximum atomic E-state index is 12.2. The average Bonchev–Trinajstić information content (AvgIpc) is 3.32. The van der Waals surface area contributed by atoms with Crippen molar-refractivity contribution in [3.63, 3.8) is 0 Å². The third-order valence-corrected chi connectivity index (χ3v) is 4.76. The molecule has 0 bridgehead atoms. The van der Waals surface area contributed by atoms with Crippen molar-refractivity contribution in [3.05, 3.63) is 34.8 Å². The van der Waals surface area contributed by atoms with Crippen LogP contribution in [-0.4, -0.2) is 40.9 Å². The molecule has 2 aromatic heterocycles. The van der Waals surface area contributed by atoms with Gasteiger partial charge >= 0.3 is 0 Å². The number of hydrogen-bond donors (Lipinski definition) is 1. The first-order valence-corrected chi connectivity index (χ1v) is 8.41. The summed E-state index contributed by atoms with van der Waals surface area (Å²) in [7, 11) is 0. The Morgan fingerprint density at radius 1 is 1.29 bits per heavy atom. The molecule has 7 heteroatoms. The minimum absolute atomic E-state index is 0.113. The van der Waals surface area contributed by atoms with E-state index in [1.54, 1.807) is 13.8 Å². The number of rotatable bonds is 5. The molecule has 1 saturated carbocycles. The second-order valence-corrected chi connectivity index (χ2v) is 6.77. The maximum absolute atomic E-state index is 12.2. The van der Waals surface area contributed by atoms with Crippen molar-refractivity contribution in [1.82, 2.24) is 20.7 Å². The molecule has 1 amide bonds. The van der Waals surface area contributed by atoms with Gasteiger partial charge in [0.25, 0.3) is 5.91 Å². The predicted octanol–water partition coefficient (Wildman–Crippen LogP) is 1.83. The molecule has 126 valence electrons. The highest BCUT2D eigenvalue weighted by Gasteiger charge is 2.30. The highest BCUT2D eigenvalue weighted by atomic mass is 16.5. The second kappa shape index (κ2) is 5.89. The zero-order valence-corrected chi connectivity index (χ0v) is 14.0. The van der Waals surface area contributed by atoms with Gasteiger partial charge < -0.3 is 14.7 Å². The Morgan fingerprint density at radius 2 is 2.08 bits per heavy atom. The molecule has 0 radical (unpaired) electrons. The number of amides is 1. The van der Waals surface area contributed by atoms with Crippen molar-refractivity contribution in [3.8, 4) is 0 Å². The van der Waals surface area contributed by atoms with Crippen LogP contribution >= 0.6 is 0 Å². The number of anilines is 1. The van der Waals surface area contributed by atoms with Crippen molar-refractivity contribution in [2.75, 3.05) is 24.5 Å². The van der Waals surface area contributed by atoms with Gasteiger partial charge in [0, 0.05) is 31.5 Å². The zero-order chi connectivity index (χ0) is 16.7. The molecule has 24 heavy (non-hydrogen) atoms. The topological polar surface area (TPSA) is 84.2 Å². The Bertz CT molecular complexity index is 725. The zero-order valence-electron chi connectivity index (χ0n) is 14.0. The van der Waals surface area contributed by atoms with Crippen molar-refractivity contribution in [2.24, 2.45) is 5.92 Å². The molecule has 1 aliphatic carbocycles. The number of carbonyl (C=O) groups excluding carboxylic acids is 1. The maximum Gasteiger partial charge on any atom is 0.256 e. The van der Waals surface area contributed by atoms with Crippen LogP contribution in [0.2, 0.25) is 0 Å². The summed E-state index contributed by atoms with van der Waals surface area (Å²) in [4.78, 5) is 14.4. The highest BCUT2D eigenvalue weighted by Crippen LogP contribution is 2.38. The van der Waals surface area contributed by atoms with E-state index < -0.39 is 0 Å². The largest absolute Gasteiger partial charge is 0.361 e. The summed E-state index contributed by atoms with van der Waals surface area (Å²) in [5, 5.41) is 15.4. The van der Waals surface area contributed by atoms with E-state index in [9.17, 15) is 4.79 Å². The lowest BCUT2D eigenvalue weighted by Crippen LogP contribution is -2.52. The van der Waals surface area contributed by atoms with E-state index in [1.165, 1.54) is 12.8 Å². The molecule has 0 spiro atoms. The van der Waals surface area contributed by atoms with Crippen LogP contribution in [0.5, 0.6) is 0 Å². The summed E-state index contributed by atoms with van der Waals surface area (Å²) < 4.78 is 5.03. The highest BCUT2D eigenvalue weighted by molar-refractivity contribution is 5.96. The van der Waals surface area contributed by atoms with Gasteiger partial charge in [-0.15, -0.1) is 5.10 Å². The van der Waals surface area contributed by atoms with Crippen LogP contribution < -0.4 is 10.2 Å². The third kappa shape index (κ3) is 2.86.